The van der Waals surface area contributed by atoms with E-state index in [0.717, 1.165) is 27.9 Å². The van der Waals surface area contributed by atoms with E-state index >= 15 is 0 Å². The first-order chi connectivity index (χ1) is 14.0. The predicted octanol–water partition coefficient (Wildman–Crippen LogP) is 5.27. The van der Waals surface area contributed by atoms with Crippen LogP contribution in [0.4, 0.5) is 10.1 Å². The van der Waals surface area contributed by atoms with Crippen molar-refractivity contribution >= 4 is 16.7 Å². The van der Waals surface area contributed by atoms with E-state index in [4.69, 9.17) is 4.42 Å². The minimum absolute atomic E-state index is 0.0645. The molecule has 0 aliphatic rings. The van der Waals surface area contributed by atoms with Gasteiger partial charge in [-0.1, -0.05) is 6.07 Å². The highest BCUT2D eigenvalue weighted by atomic mass is 19.1. The Hall–Kier alpha value is -3.47. The lowest BCUT2D eigenvalue weighted by Gasteiger charge is -2.12. The van der Waals surface area contributed by atoms with Gasteiger partial charge in [0.25, 0.3) is 0 Å². The Morgan fingerprint density at radius 3 is 2.59 bits per heavy atom. The number of rotatable bonds is 5. The molecule has 0 saturated heterocycles. The van der Waals surface area contributed by atoms with Crippen LogP contribution in [0.25, 0.3) is 22.3 Å². The number of halogens is 1. The number of hydrogen-bond acceptors (Lipinski definition) is 4. The second kappa shape index (κ2) is 7.87. The minimum Gasteiger partial charge on any atom is -0.456 e. The summed E-state index contributed by atoms with van der Waals surface area (Å²) in [7, 11) is 0. The molecule has 0 fully saturated rings. The van der Waals surface area contributed by atoms with Gasteiger partial charge in [-0.25, -0.2) is 4.39 Å². The predicted molar refractivity (Wildman–Crippen MR) is 114 cm³/mol. The molecule has 0 saturated carbocycles. The summed E-state index contributed by atoms with van der Waals surface area (Å²) in [5, 5.41) is 3.92. The number of nitrogens with one attached hydrogen (secondary N) is 1. The fourth-order valence-electron chi connectivity index (χ4n) is 3.49. The zero-order chi connectivity index (χ0) is 20.4. The van der Waals surface area contributed by atoms with Gasteiger partial charge in [-0.2, -0.15) is 0 Å². The molecule has 2 aromatic heterocycles. The Kier molecular flexibility index (Phi) is 5.12. The molecule has 0 radical (unpaired) electrons. The maximum absolute atomic E-state index is 13.3. The zero-order valence-corrected chi connectivity index (χ0v) is 16.3. The Labute approximate surface area is 168 Å². The van der Waals surface area contributed by atoms with Crippen LogP contribution in [0.15, 0.2) is 70.1 Å². The molecule has 2 heterocycles. The van der Waals surface area contributed by atoms with Crippen molar-refractivity contribution in [1.82, 2.24) is 4.98 Å². The number of anilines is 1. The topological polar surface area (TPSA) is 55.1 Å². The van der Waals surface area contributed by atoms with Crippen LogP contribution < -0.4 is 10.7 Å². The molecule has 0 aliphatic heterocycles. The van der Waals surface area contributed by atoms with E-state index in [1.165, 1.54) is 18.2 Å². The van der Waals surface area contributed by atoms with Crippen molar-refractivity contribution in [3.05, 3.63) is 93.7 Å². The smallest absolute Gasteiger partial charge is 0.193 e. The second-order valence-corrected chi connectivity index (χ2v) is 7.15. The average Bonchev–Trinajstić information content (AvgIpc) is 2.71. The summed E-state index contributed by atoms with van der Waals surface area (Å²) in [5.74, 6) is 0.278. The van der Waals surface area contributed by atoms with Crippen LogP contribution in [0, 0.1) is 19.7 Å². The monoisotopic (exact) mass is 388 g/mol. The molecular weight excluding hydrogens is 367 g/mol. The number of aromatic nitrogens is 1. The largest absolute Gasteiger partial charge is 0.456 e. The van der Waals surface area contributed by atoms with Gasteiger partial charge in [0.2, 0.25) is 0 Å². The van der Waals surface area contributed by atoms with Crippen molar-refractivity contribution < 1.29 is 8.81 Å². The van der Waals surface area contributed by atoms with Crippen molar-refractivity contribution in [3.8, 4) is 11.3 Å². The molecule has 0 bridgehead atoms. The van der Waals surface area contributed by atoms with E-state index in [2.05, 4.69) is 10.3 Å². The normalized spacial score (nSPS) is 11.0. The lowest BCUT2D eigenvalue weighted by Crippen LogP contribution is -2.08. The number of benzene rings is 2. The lowest BCUT2D eigenvalue weighted by molar-refractivity contribution is 0.613. The average molecular weight is 388 g/mol. The summed E-state index contributed by atoms with van der Waals surface area (Å²) in [4.78, 5) is 16.7. The van der Waals surface area contributed by atoms with Gasteiger partial charge in [-0.15, -0.1) is 0 Å². The highest BCUT2D eigenvalue weighted by molar-refractivity contribution is 5.82. The van der Waals surface area contributed by atoms with Gasteiger partial charge in [0.05, 0.1) is 5.39 Å². The van der Waals surface area contributed by atoms with Crippen molar-refractivity contribution in [1.29, 1.82) is 0 Å². The summed E-state index contributed by atoms with van der Waals surface area (Å²) in [5.41, 5.74) is 5.06. The van der Waals surface area contributed by atoms with E-state index in [1.54, 1.807) is 18.5 Å². The summed E-state index contributed by atoms with van der Waals surface area (Å²) in [6.07, 6.45) is 4.01. The maximum Gasteiger partial charge on any atom is 0.193 e. The van der Waals surface area contributed by atoms with E-state index in [0.29, 0.717) is 29.7 Å². The number of pyridine rings is 1. The van der Waals surface area contributed by atoms with Crippen molar-refractivity contribution in [2.75, 3.05) is 11.9 Å². The summed E-state index contributed by atoms with van der Waals surface area (Å²) in [6, 6.07) is 13.7. The third-order valence-corrected chi connectivity index (χ3v) is 4.91. The highest BCUT2D eigenvalue weighted by Crippen LogP contribution is 2.26. The molecule has 4 rings (SSSR count). The first kappa shape index (κ1) is 18.9. The number of aryl methyl sites for hydroxylation is 2. The standard InChI is InChI=1S/C24H21FN2O2/c1-15-11-18(7-10-27-21-4-3-19(25)13-16(21)2)24-20(12-15)22(28)14-23(29-24)17-5-8-26-9-6-17/h3-6,8-9,11-14,27H,7,10H2,1-2H3. The van der Waals surface area contributed by atoms with E-state index < -0.39 is 0 Å². The fourth-order valence-corrected chi connectivity index (χ4v) is 3.49. The van der Waals surface area contributed by atoms with Gasteiger partial charge in [-0.05, 0) is 73.4 Å². The van der Waals surface area contributed by atoms with Gasteiger partial charge < -0.3 is 9.73 Å². The summed E-state index contributed by atoms with van der Waals surface area (Å²) >= 11 is 0. The molecule has 29 heavy (non-hydrogen) atoms. The maximum atomic E-state index is 13.3. The highest BCUT2D eigenvalue weighted by Gasteiger charge is 2.12. The van der Waals surface area contributed by atoms with Gasteiger partial charge in [0.15, 0.2) is 5.43 Å². The Bertz CT molecular complexity index is 1230. The van der Waals surface area contributed by atoms with Crippen LogP contribution in [-0.4, -0.2) is 11.5 Å². The molecule has 0 amide bonds. The quantitative estimate of drug-likeness (QED) is 0.506. The molecule has 0 aliphatic carbocycles. The second-order valence-electron chi connectivity index (χ2n) is 7.15. The van der Waals surface area contributed by atoms with Crippen molar-refractivity contribution in [2.45, 2.75) is 20.3 Å². The number of hydrogen-bond donors (Lipinski definition) is 1. The first-order valence-corrected chi connectivity index (χ1v) is 9.49. The molecule has 5 heteroatoms. The van der Waals surface area contributed by atoms with Crippen LogP contribution in [0.3, 0.4) is 0 Å². The van der Waals surface area contributed by atoms with Gasteiger partial charge in [-0.3, -0.25) is 9.78 Å². The number of nitrogens with zero attached hydrogens (tertiary/aromatic N) is 1. The summed E-state index contributed by atoms with van der Waals surface area (Å²) in [6.45, 7) is 4.47. The molecule has 0 spiro atoms. The van der Waals surface area contributed by atoms with Crippen LogP contribution in [0.1, 0.15) is 16.7 Å². The third kappa shape index (κ3) is 4.04. The molecule has 0 unspecified atom stereocenters. The molecular formula is C24H21FN2O2. The van der Waals surface area contributed by atoms with Gasteiger partial charge >= 0.3 is 0 Å². The van der Waals surface area contributed by atoms with Crippen LogP contribution >= 0.6 is 0 Å². The molecule has 4 aromatic rings. The molecule has 0 atom stereocenters. The van der Waals surface area contributed by atoms with E-state index in [-0.39, 0.29) is 11.2 Å². The minimum atomic E-state index is -0.247. The van der Waals surface area contributed by atoms with E-state index in [9.17, 15) is 9.18 Å². The van der Waals surface area contributed by atoms with Crippen LogP contribution in [0.2, 0.25) is 0 Å². The fraction of sp³-hybridized carbons (Fsp3) is 0.167. The Balaban J connectivity index is 1.67. The third-order valence-electron chi connectivity index (χ3n) is 4.91. The van der Waals surface area contributed by atoms with Crippen molar-refractivity contribution in [2.24, 2.45) is 0 Å². The Morgan fingerprint density at radius 2 is 1.83 bits per heavy atom. The number of fused-ring (bicyclic) bond motifs is 1. The molecule has 1 N–H and O–H groups in total. The molecule has 2 aromatic carbocycles. The lowest BCUT2D eigenvalue weighted by atomic mass is 10.0. The van der Waals surface area contributed by atoms with Crippen molar-refractivity contribution in [3.63, 3.8) is 0 Å². The van der Waals surface area contributed by atoms with Gasteiger partial charge in [0.1, 0.15) is 17.2 Å². The first-order valence-electron chi connectivity index (χ1n) is 9.49. The Morgan fingerprint density at radius 1 is 1.03 bits per heavy atom. The SMILES string of the molecule is Cc1cc(CCNc2ccc(F)cc2C)c2oc(-c3ccncc3)cc(=O)c2c1. The zero-order valence-electron chi connectivity index (χ0n) is 16.3. The van der Waals surface area contributed by atoms with E-state index in [1.807, 2.05) is 38.1 Å². The summed E-state index contributed by atoms with van der Waals surface area (Å²) < 4.78 is 19.4. The van der Waals surface area contributed by atoms with Crippen LogP contribution in [-0.2, 0) is 6.42 Å². The molecule has 146 valence electrons. The van der Waals surface area contributed by atoms with Gasteiger partial charge in [0, 0.05) is 36.3 Å². The molecule has 4 nitrogen and oxygen atoms in total. The van der Waals surface area contributed by atoms with Crippen LogP contribution in [0.5, 0.6) is 0 Å².